The fourth-order valence-electron chi connectivity index (χ4n) is 1.75. The Morgan fingerprint density at radius 2 is 1.75 bits per heavy atom. The molecule has 1 aliphatic heterocycles. The van der Waals surface area contributed by atoms with Crippen LogP contribution in [-0.2, 0) is 9.84 Å². The van der Waals surface area contributed by atoms with Gasteiger partial charge in [-0.1, -0.05) is 23.2 Å². The Kier molecular flexibility index (Phi) is 2.99. The minimum absolute atomic E-state index is 0.0478. The van der Waals surface area contributed by atoms with Gasteiger partial charge in [0.1, 0.15) is 0 Å². The number of ketones is 1. The summed E-state index contributed by atoms with van der Waals surface area (Å²) in [5.41, 5.74) is 0.0478. The molecule has 6 heteroatoms. The first-order chi connectivity index (χ1) is 7.43. The van der Waals surface area contributed by atoms with E-state index in [1.165, 1.54) is 12.1 Å². The monoisotopic (exact) mass is 278 g/mol. The Labute approximate surface area is 103 Å². The summed E-state index contributed by atoms with van der Waals surface area (Å²) in [5, 5.41) is 0.213. The van der Waals surface area contributed by atoms with E-state index in [0.29, 0.717) is 6.42 Å². The normalized spacial score (nSPS) is 19.0. The van der Waals surface area contributed by atoms with E-state index in [1.807, 2.05) is 0 Å². The smallest absolute Gasteiger partial charge is 0.180 e. The molecule has 86 valence electrons. The van der Waals surface area contributed by atoms with E-state index in [-0.39, 0.29) is 38.5 Å². The summed E-state index contributed by atoms with van der Waals surface area (Å²) in [6, 6.07) is 2.85. The van der Waals surface area contributed by atoms with Gasteiger partial charge in [0.2, 0.25) is 0 Å². The van der Waals surface area contributed by atoms with Crippen LogP contribution in [0.5, 0.6) is 0 Å². The average molecular weight is 279 g/mol. The number of carbonyl (C=O) groups is 1. The number of hydrogen-bond donors (Lipinski definition) is 0. The van der Waals surface area contributed by atoms with Gasteiger partial charge >= 0.3 is 0 Å². The quantitative estimate of drug-likeness (QED) is 0.733. The third-order valence-electron chi connectivity index (χ3n) is 2.47. The Hall–Kier alpha value is -0.580. The van der Waals surface area contributed by atoms with E-state index in [4.69, 9.17) is 23.2 Å². The van der Waals surface area contributed by atoms with E-state index in [1.54, 1.807) is 0 Å². The molecule has 0 bridgehead atoms. The van der Waals surface area contributed by atoms with E-state index in [0.717, 1.165) is 0 Å². The van der Waals surface area contributed by atoms with Crippen molar-refractivity contribution in [1.82, 2.24) is 0 Å². The largest absolute Gasteiger partial charge is 0.294 e. The number of Topliss-reactive ketones (excluding diaryl/α,β-unsaturated/α-hetero) is 1. The highest BCUT2D eigenvalue weighted by Crippen LogP contribution is 2.35. The zero-order valence-electron chi connectivity index (χ0n) is 8.16. The Morgan fingerprint density at radius 1 is 1.12 bits per heavy atom. The van der Waals surface area contributed by atoms with Crippen molar-refractivity contribution < 1.29 is 13.2 Å². The second-order valence-electron chi connectivity index (χ2n) is 3.58. The van der Waals surface area contributed by atoms with Gasteiger partial charge in [0.05, 0.1) is 26.3 Å². The molecule has 0 unspecified atom stereocenters. The van der Waals surface area contributed by atoms with Gasteiger partial charge in [-0.2, -0.15) is 0 Å². The second kappa shape index (κ2) is 4.02. The Morgan fingerprint density at radius 3 is 2.44 bits per heavy atom. The van der Waals surface area contributed by atoms with Crippen molar-refractivity contribution in [2.24, 2.45) is 0 Å². The van der Waals surface area contributed by atoms with Crippen LogP contribution in [0.1, 0.15) is 23.2 Å². The molecule has 1 heterocycles. The molecule has 1 aromatic rings. The maximum absolute atomic E-state index is 11.9. The molecule has 0 aromatic heterocycles. The maximum Gasteiger partial charge on any atom is 0.180 e. The van der Waals surface area contributed by atoms with Crippen LogP contribution in [0.4, 0.5) is 0 Å². The molecule has 0 radical (unpaired) electrons. The van der Waals surface area contributed by atoms with Crippen LogP contribution >= 0.6 is 23.2 Å². The van der Waals surface area contributed by atoms with Gasteiger partial charge in [0.25, 0.3) is 0 Å². The summed E-state index contributed by atoms with van der Waals surface area (Å²) in [6.45, 7) is 0. The van der Waals surface area contributed by atoms with E-state index in [9.17, 15) is 13.2 Å². The summed E-state index contributed by atoms with van der Waals surface area (Å²) in [6.07, 6.45) is 0.495. The number of sulfone groups is 1. The predicted molar refractivity (Wildman–Crippen MR) is 62.1 cm³/mol. The minimum atomic E-state index is -3.50. The number of carbonyl (C=O) groups excluding carboxylic acids is 1. The van der Waals surface area contributed by atoms with Crippen LogP contribution in [0.2, 0.25) is 10.0 Å². The first-order valence-electron chi connectivity index (χ1n) is 4.67. The van der Waals surface area contributed by atoms with Crippen LogP contribution in [0.3, 0.4) is 0 Å². The van der Waals surface area contributed by atoms with Crippen LogP contribution in [-0.4, -0.2) is 20.0 Å². The lowest BCUT2D eigenvalue weighted by atomic mass is 10.1. The third-order valence-corrected chi connectivity index (χ3v) is 5.08. The molecule has 0 fully saturated rings. The Balaban J connectivity index is 2.87. The molecule has 0 aliphatic carbocycles. The average Bonchev–Trinajstić information content (AvgIpc) is 2.30. The van der Waals surface area contributed by atoms with Gasteiger partial charge < -0.3 is 0 Å². The summed E-state index contributed by atoms with van der Waals surface area (Å²) >= 11 is 11.7. The lowest BCUT2D eigenvalue weighted by molar-refractivity contribution is 0.0980. The van der Waals surface area contributed by atoms with Crippen LogP contribution < -0.4 is 0 Å². The first kappa shape index (κ1) is 11.9. The molecule has 0 saturated carbocycles. The number of hydrogen-bond acceptors (Lipinski definition) is 3. The van der Waals surface area contributed by atoms with Gasteiger partial charge in [0.15, 0.2) is 15.6 Å². The number of fused-ring (bicyclic) bond motifs is 1. The number of halogens is 2. The fourth-order valence-corrected chi connectivity index (χ4v) is 4.20. The van der Waals surface area contributed by atoms with E-state index in [2.05, 4.69) is 0 Å². The molecule has 0 N–H and O–H groups in total. The van der Waals surface area contributed by atoms with Crippen LogP contribution in [0.25, 0.3) is 0 Å². The van der Waals surface area contributed by atoms with Crippen molar-refractivity contribution in [3.05, 3.63) is 27.7 Å². The third kappa shape index (κ3) is 1.85. The van der Waals surface area contributed by atoms with Crippen LogP contribution in [0, 0.1) is 0 Å². The highest BCUT2D eigenvalue weighted by molar-refractivity contribution is 7.91. The van der Waals surface area contributed by atoms with E-state index >= 15 is 0 Å². The van der Waals surface area contributed by atoms with Crippen molar-refractivity contribution in [1.29, 1.82) is 0 Å². The summed E-state index contributed by atoms with van der Waals surface area (Å²) in [7, 11) is -3.50. The zero-order valence-corrected chi connectivity index (χ0v) is 10.5. The van der Waals surface area contributed by atoms with Gasteiger partial charge in [-0.05, 0) is 18.6 Å². The van der Waals surface area contributed by atoms with Gasteiger partial charge in [-0.3, -0.25) is 4.79 Å². The fraction of sp³-hybridized carbons (Fsp3) is 0.300. The SMILES string of the molecule is O=C1CCCS(=O)(=O)c2c(Cl)ccc(Cl)c21. The van der Waals surface area contributed by atoms with Crippen molar-refractivity contribution in [3.8, 4) is 0 Å². The molecule has 0 spiro atoms. The summed E-state index contributed by atoms with van der Waals surface area (Å²) < 4.78 is 23.8. The topological polar surface area (TPSA) is 51.2 Å². The summed E-state index contributed by atoms with van der Waals surface area (Å²) in [5.74, 6) is -0.324. The molecule has 0 atom stereocenters. The molecule has 3 nitrogen and oxygen atoms in total. The molecule has 16 heavy (non-hydrogen) atoms. The Bertz CT molecular complexity index is 564. The second-order valence-corrected chi connectivity index (χ2v) is 6.44. The molecule has 1 aromatic carbocycles. The van der Waals surface area contributed by atoms with Crippen molar-refractivity contribution in [3.63, 3.8) is 0 Å². The van der Waals surface area contributed by atoms with Crippen molar-refractivity contribution >= 4 is 38.8 Å². The number of rotatable bonds is 0. The lowest BCUT2D eigenvalue weighted by Crippen LogP contribution is -2.08. The van der Waals surface area contributed by atoms with Gasteiger partial charge in [-0.25, -0.2) is 8.42 Å². The van der Waals surface area contributed by atoms with Gasteiger partial charge in [0, 0.05) is 6.42 Å². The molecular formula is C10H8Cl2O3S. The van der Waals surface area contributed by atoms with Crippen molar-refractivity contribution in [2.45, 2.75) is 17.7 Å². The molecule has 1 aliphatic rings. The van der Waals surface area contributed by atoms with E-state index < -0.39 is 9.84 Å². The first-order valence-corrected chi connectivity index (χ1v) is 7.08. The zero-order chi connectivity index (χ0) is 11.9. The predicted octanol–water partition coefficient (Wildman–Crippen LogP) is 2.74. The lowest BCUT2D eigenvalue weighted by Gasteiger charge is -2.08. The van der Waals surface area contributed by atoms with Crippen LogP contribution in [0.15, 0.2) is 17.0 Å². The van der Waals surface area contributed by atoms with Gasteiger partial charge in [-0.15, -0.1) is 0 Å². The highest BCUT2D eigenvalue weighted by atomic mass is 35.5. The molecule has 0 saturated heterocycles. The minimum Gasteiger partial charge on any atom is -0.294 e. The molecule has 0 amide bonds. The summed E-state index contributed by atoms with van der Waals surface area (Å²) in [4.78, 5) is 11.7. The standard InChI is InChI=1S/C10H8Cl2O3S/c11-6-3-4-7(12)10-9(6)8(13)2-1-5-16(10,14)15/h3-4H,1-2,5H2. The molecular weight excluding hydrogens is 271 g/mol. The van der Waals surface area contributed by atoms with Crippen molar-refractivity contribution in [2.75, 3.05) is 5.75 Å². The molecule has 2 rings (SSSR count). The maximum atomic E-state index is 11.9. The number of benzene rings is 1. The highest BCUT2D eigenvalue weighted by Gasteiger charge is 2.30.